The van der Waals surface area contributed by atoms with Crippen LogP contribution in [0.4, 0.5) is 4.79 Å². The average Bonchev–Trinajstić information content (AvgIpc) is 3.18. The summed E-state index contributed by atoms with van der Waals surface area (Å²) < 4.78 is 4.89. The van der Waals surface area contributed by atoms with Gasteiger partial charge in [-0.3, -0.25) is 0 Å². The Hall–Kier alpha value is -1.30. The molecule has 1 rings (SSSR count). The predicted molar refractivity (Wildman–Crippen MR) is 71.0 cm³/mol. The zero-order chi connectivity index (χ0) is 14.3. The van der Waals surface area contributed by atoms with Gasteiger partial charge in [0.2, 0.25) is 0 Å². The fourth-order valence-corrected chi connectivity index (χ4v) is 1.90. The third-order valence-corrected chi connectivity index (χ3v) is 3.28. The van der Waals surface area contributed by atoms with Gasteiger partial charge in [0.1, 0.15) is 6.04 Å². The van der Waals surface area contributed by atoms with E-state index in [0.717, 1.165) is 6.54 Å². The quantitative estimate of drug-likeness (QED) is 0.620. The van der Waals surface area contributed by atoms with Crippen LogP contribution in [0.25, 0.3) is 0 Å². The highest BCUT2D eigenvalue weighted by Gasteiger charge is 2.28. The summed E-state index contributed by atoms with van der Waals surface area (Å²) in [5, 5.41) is 11.7. The number of nitrogens with one attached hydrogen (secondary N) is 1. The summed E-state index contributed by atoms with van der Waals surface area (Å²) in [4.78, 5) is 24.8. The molecule has 0 bridgehead atoms. The van der Waals surface area contributed by atoms with E-state index in [9.17, 15) is 9.59 Å². The van der Waals surface area contributed by atoms with E-state index in [1.54, 1.807) is 12.0 Å². The van der Waals surface area contributed by atoms with Gasteiger partial charge >= 0.3 is 12.0 Å². The zero-order valence-corrected chi connectivity index (χ0v) is 11.7. The third kappa shape index (κ3) is 5.92. The SMILES string of the molecule is CCN(CC1CC1)C(=O)NC(CCCOC)C(=O)O. The van der Waals surface area contributed by atoms with E-state index in [4.69, 9.17) is 9.84 Å². The highest BCUT2D eigenvalue weighted by Crippen LogP contribution is 2.29. The lowest BCUT2D eigenvalue weighted by molar-refractivity contribution is -0.139. The summed E-state index contributed by atoms with van der Waals surface area (Å²) in [6, 6.07) is -1.12. The van der Waals surface area contributed by atoms with Gasteiger partial charge in [0.25, 0.3) is 0 Å². The maximum atomic E-state index is 12.0. The number of hydrogen-bond acceptors (Lipinski definition) is 3. The standard InChI is InChI=1S/C13H24N2O4/c1-3-15(9-10-6-7-10)13(18)14-11(12(16)17)5-4-8-19-2/h10-11H,3-9H2,1-2H3,(H,14,18)(H,16,17). The minimum Gasteiger partial charge on any atom is -0.480 e. The zero-order valence-electron chi connectivity index (χ0n) is 11.7. The molecule has 0 aliphatic heterocycles. The minimum absolute atomic E-state index is 0.279. The number of methoxy groups -OCH3 is 1. The highest BCUT2D eigenvalue weighted by molar-refractivity contribution is 5.82. The number of ether oxygens (including phenoxy) is 1. The Morgan fingerprint density at radius 3 is 2.63 bits per heavy atom. The van der Waals surface area contributed by atoms with E-state index >= 15 is 0 Å². The Morgan fingerprint density at radius 2 is 2.16 bits per heavy atom. The van der Waals surface area contributed by atoms with E-state index in [1.165, 1.54) is 12.8 Å². The molecule has 6 heteroatoms. The molecule has 2 amide bonds. The van der Waals surface area contributed by atoms with Crippen LogP contribution in [0.1, 0.15) is 32.6 Å². The molecule has 1 aliphatic rings. The lowest BCUT2D eigenvalue weighted by atomic mass is 10.1. The second-order valence-electron chi connectivity index (χ2n) is 4.96. The van der Waals surface area contributed by atoms with Crippen LogP contribution in [0.3, 0.4) is 0 Å². The van der Waals surface area contributed by atoms with Crippen molar-refractivity contribution in [2.24, 2.45) is 5.92 Å². The van der Waals surface area contributed by atoms with Crippen molar-refractivity contribution < 1.29 is 19.4 Å². The predicted octanol–water partition coefficient (Wildman–Crippen LogP) is 1.31. The first kappa shape index (κ1) is 15.8. The maximum Gasteiger partial charge on any atom is 0.326 e. The van der Waals surface area contributed by atoms with Crippen LogP contribution in [0, 0.1) is 5.92 Å². The highest BCUT2D eigenvalue weighted by atomic mass is 16.5. The smallest absolute Gasteiger partial charge is 0.326 e. The van der Waals surface area contributed by atoms with Crippen LogP contribution >= 0.6 is 0 Å². The Balaban J connectivity index is 2.41. The molecule has 1 atom stereocenters. The Morgan fingerprint density at radius 1 is 1.47 bits per heavy atom. The Kier molecular flexibility index (Phi) is 6.62. The van der Waals surface area contributed by atoms with E-state index in [2.05, 4.69) is 5.32 Å². The molecule has 0 aromatic rings. The van der Waals surface area contributed by atoms with Crippen molar-refractivity contribution in [3.05, 3.63) is 0 Å². The molecule has 1 aliphatic carbocycles. The summed E-state index contributed by atoms with van der Waals surface area (Å²) in [5.74, 6) is -0.394. The fraction of sp³-hybridized carbons (Fsp3) is 0.846. The maximum absolute atomic E-state index is 12.0. The monoisotopic (exact) mass is 272 g/mol. The molecule has 0 radical (unpaired) electrons. The second-order valence-corrected chi connectivity index (χ2v) is 4.96. The van der Waals surface area contributed by atoms with Gasteiger partial charge in [-0.15, -0.1) is 0 Å². The number of hydrogen-bond donors (Lipinski definition) is 2. The lowest BCUT2D eigenvalue weighted by Crippen LogP contribution is -2.48. The molecule has 1 saturated carbocycles. The second kappa shape index (κ2) is 7.99. The molecule has 6 nitrogen and oxygen atoms in total. The Labute approximate surface area is 114 Å². The average molecular weight is 272 g/mol. The van der Waals surface area contributed by atoms with Gasteiger partial charge in [-0.05, 0) is 38.5 Å². The molecule has 0 aromatic carbocycles. The first-order valence-electron chi connectivity index (χ1n) is 6.85. The summed E-state index contributed by atoms with van der Waals surface area (Å²) in [7, 11) is 1.57. The van der Waals surface area contributed by atoms with Crippen molar-refractivity contribution in [1.82, 2.24) is 10.2 Å². The molecule has 1 unspecified atom stereocenters. The number of carbonyl (C=O) groups excluding carboxylic acids is 1. The lowest BCUT2D eigenvalue weighted by Gasteiger charge is -2.23. The summed E-state index contributed by atoms with van der Waals surface area (Å²) in [6.45, 7) is 3.74. The van der Waals surface area contributed by atoms with E-state index in [-0.39, 0.29) is 6.03 Å². The van der Waals surface area contributed by atoms with Gasteiger partial charge in [-0.25, -0.2) is 9.59 Å². The van der Waals surface area contributed by atoms with Gasteiger partial charge < -0.3 is 20.1 Å². The van der Waals surface area contributed by atoms with Crippen LogP contribution in [0.5, 0.6) is 0 Å². The molecule has 0 saturated heterocycles. The number of carboxylic acid groups (broad SMARTS) is 1. The van der Waals surface area contributed by atoms with E-state index in [1.807, 2.05) is 6.92 Å². The van der Waals surface area contributed by atoms with Crippen LogP contribution in [0.2, 0.25) is 0 Å². The molecule has 0 aromatic heterocycles. The Bertz CT molecular complexity index is 305. The van der Waals surface area contributed by atoms with Crippen molar-refractivity contribution >= 4 is 12.0 Å². The van der Waals surface area contributed by atoms with Crippen molar-refractivity contribution in [2.75, 3.05) is 26.8 Å². The topological polar surface area (TPSA) is 78.9 Å². The van der Waals surface area contributed by atoms with Gasteiger partial charge in [0.15, 0.2) is 0 Å². The van der Waals surface area contributed by atoms with Gasteiger partial charge in [-0.2, -0.15) is 0 Å². The molecular weight excluding hydrogens is 248 g/mol. The number of amides is 2. The van der Waals surface area contributed by atoms with Gasteiger partial charge in [-0.1, -0.05) is 0 Å². The van der Waals surface area contributed by atoms with Crippen LogP contribution in [0.15, 0.2) is 0 Å². The largest absolute Gasteiger partial charge is 0.480 e. The molecule has 19 heavy (non-hydrogen) atoms. The van der Waals surface area contributed by atoms with Crippen LogP contribution < -0.4 is 5.32 Å². The molecule has 110 valence electrons. The van der Waals surface area contributed by atoms with E-state index < -0.39 is 12.0 Å². The minimum atomic E-state index is -0.994. The van der Waals surface area contributed by atoms with Crippen LogP contribution in [-0.4, -0.2) is 54.9 Å². The van der Waals surface area contributed by atoms with Crippen molar-refractivity contribution in [2.45, 2.75) is 38.6 Å². The number of rotatable bonds is 9. The van der Waals surface area contributed by atoms with E-state index in [0.29, 0.717) is 31.9 Å². The summed E-state index contributed by atoms with van der Waals surface area (Å²) in [6.07, 6.45) is 3.33. The molecule has 0 spiro atoms. The van der Waals surface area contributed by atoms with Crippen molar-refractivity contribution in [3.63, 3.8) is 0 Å². The fourth-order valence-electron chi connectivity index (χ4n) is 1.90. The number of aliphatic carboxylic acids is 1. The number of carboxylic acids is 1. The molecule has 2 N–H and O–H groups in total. The van der Waals surface area contributed by atoms with Gasteiger partial charge in [0, 0.05) is 26.8 Å². The molecule has 1 fully saturated rings. The third-order valence-electron chi connectivity index (χ3n) is 3.28. The first-order chi connectivity index (χ1) is 9.08. The normalized spacial score (nSPS) is 15.9. The summed E-state index contributed by atoms with van der Waals surface area (Å²) in [5.41, 5.74) is 0. The van der Waals surface area contributed by atoms with Crippen LogP contribution in [-0.2, 0) is 9.53 Å². The molecular formula is C13H24N2O4. The van der Waals surface area contributed by atoms with Crippen molar-refractivity contribution in [1.29, 1.82) is 0 Å². The number of nitrogens with zero attached hydrogens (tertiary/aromatic N) is 1. The van der Waals surface area contributed by atoms with Gasteiger partial charge in [0.05, 0.1) is 0 Å². The first-order valence-corrected chi connectivity index (χ1v) is 6.85. The van der Waals surface area contributed by atoms with Crippen molar-refractivity contribution in [3.8, 4) is 0 Å². The number of carbonyl (C=O) groups is 2. The molecule has 0 heterocycles. The number of urea groups is 1. The summed E-state index contributed by atoms with van der Waals surface area (Å²) >= 11 is 0.